The Bertz CT molecular complexity index is 788. The fourth-order valence-electron chi connectivity index (χ4n) is 4.33. The first-order chi connectivity index (χ1) is 13.9. The van der Waals surface area contributed by atoms with Gasteiger partial charge in [0.25, 0.3) is 0 Å². The molecule has 29 heavy (non-hydrogen) atoms. The molecule has 1 aromatic carbocycles. The lowest BCUT2D eigenvalue weighted by Gasteiger charge is -2.30. The van der Waals surface area contributed by atoms with Crippen LogP contribution >= 0.6 is 0 Å². The highest BCUT2D eigenvalue weighted by Gasteiger charge is 2.37. The molecule has 0 aromatic heterocycles. The Kier molecular flexibility index (Phi) is 7.71. The first-order valence-corrected chi connectivity index (χ1v) is 12.6. The summed E-state index contributed by atoms with van der Waals surface area (Å²) in [5, 5.41) is 2.96. The van der Waals surface area contributed by atoms with Gasteiger partial charge >= 0.3 is 0 Å². The Balaban J connectivity index is 1.55. The van der Waals surface area contributed by atoms with E-state index in [1.54, 1.807) is 0 Å². The van der Waals surface area contributed by atoms with E-state index in [9.17, 15) is 13.2 Å². The second-order valence-electron chi connectivity index (χ2n) is 8.58. The molecule has 1 atom stereocenters. The van der Waals surface area contributed by atoms with Gasteiger partial charge in [0.15, 0.2) is 0 Å². The summed E-state index contributed by atoms with van der Waals surface area (Å²) in [6.45, 7) is 8.28. The van der Waals surface area contributed by atoms with Crippen molar-refractivity contribution in [2.45, 2.75) is 65.1 Å². The van der Waals surface area contributed by atoms with E-state index < -0.39 is 16.1 Å². The first-order valence-electron chi connectivity index (χ1n) is 11.0. The highest BCUT2D eigenvalue weighted by atomic mass is 32.2. The Morgan fingerprint density at radius 3 is 2.59 bits per heavy atom. The molecular formula is C22H35N3O3S. The highest BCUT2D eigenvalue weighted by molar-refractivity contribution is 7.89. The molecule has 1 aromatic rings. The van der Waals surface area contributed by atoms with E-state index >= 15 is 0 Å². The molecule has 7 heteroatoms. The Hall–Kier alpha value is -1.44. The van der Waals surface area contributed by atoms with Gasteiger partial charge in [0, 0.05) is 19.6 Å². The lowest BCUT2D eigenvalue weighted by Crippen LogP contribution is -2.46. The van der Waals surface area contributed by atoms with Gasteiger partial charge in [-0.1, -0.05) is 38.1 Å². The van der Waals surface area contributed by atoms with Crippen molar-refractivity contribution >= 4 is 15.9 Å². The number of sulfonamides is 1. The van der Waals surface area contributed by atoms with E-state index in [0.717, 1.165) is 37.5 Å². The second-order valence-corrected chi connectivity index (χ2v) is 10.6. The van der Waals surface area contributed by atoms with Crippen molar-refractivity contribution in [3.63, 3.8) is 0 Å². The summed E-state index contributed by atoms with van der Waals surface area (Å²) < 4.78 is 26.2. The monoisotopic (exact) mass is 421 g/mol. The van der Waals surface area contributed by atoms with Crippen molar-refractivity contribution in [1.82, 2.24) is 14.5 Å². The summed E-state index contributed by atoms with van der Waals surface area (Å²) >= 11 is 0. The highest BCUT2D eigenvalue weighted by Crippen LogP contribution is 2.22. The summed E-state index contributed by atoms with van der Waals surface area (Å²) in [4.78, 5) is 15.2. The molecule has 2 aliphatic heterocycles. The van der Waals surface area contributed by atoms with Crippen LogP contribution in [0.5, 0.6) is 0 Å². The molecule has 0 spiro atoms. The third-order valence-corrected chi connectivity index (χ3v) is 8.14. The van der Waals surface area contributed by atoms with E-state index in [-0.39, 0.29) is 11.7 Å². The molecule has 2 aliphatic rings. The van der Waals surface area contributed by atoms with Crippen LogP contribution in [0, 0.1) is 5.92 Å². The average Bonchev–Trinajstić information content (AvgIpc) is 3.19. The molecule has 2 saturated heterocycles. The maximum absolute atomic E-state index is 12.7. The van der Waals surface area contributed by atoms with Gasteiger partial charge in [-0.2, -0.15) is 4.31 Å². The van der Waals surface area contributed by atoms with Gasteiger partial charge < -0.3 is 5.32 Å². The molecule has 1 unspecified atom stereocenters. The minimum atomic E-state index is -3.35. The van der Waals surface area contributed by atoms with E-state index in [1.807, 2.05) is 19.1 Å². The molecule has 2 fully saturated rings. The van der Waals surface area contributed by atoms with E-state index in [1.165, 1.54) is 22.7 Å². The third kappa shape index (κ3) is 6.03. The fraction of sp³-hybridized carbons (Fsp3) is 0.682. The lowest BCUT2D eigenvalue weighted by atomic mass is 9.98. The number of nitrogens with one attached hydrogen (secondary N) is 1. The predicted molar refractivity (Wildman–Crippen MR) is 116 cm³/mol. The molecule has 0 bridgehead atoms. The molecule has 162 valence electrons. The van der Waals surface area contributed by atoms with Crippen LogP contribution in [0.15, 0.2) is 24.3 Å². The van der Waals surface area contributed by atoms with Gasteiger partial charge in [-0.15, -0.1) is 0 Å². The van der Waals surface area contributed by atoms with E-state index in [0.29, 0.717) is 25.9 Å². The molecule has 3 rings (SSSR count). The van der Waals surface area contributed by atoms with Crippen LogP contribution in [0.1, 0.15) is 57.1 Å². The molecule has 0 saturated carbocycles. The van der Waals surface area contributed by atoms with Crippen molar-refractivity contribution in [2.75, 3.05) is 25.4 Å². The predicted octanol–water partition coefficient (Wildman–Crippen LogP) is 2.74. The zero-order valence-corrected chi connectivity index (χ0v) is 18.6. The third-order valence-electron chi connectivity index (χ3n) is 6.07. The molecule has 0 radical (unpaired) electrons. The first kappa shape index (κ1) is 22.2. The summed E-state index contributed by atoms with van der Waals surface area (Å²) in [5.74, 6) is 0.746. The molecule has 6 nitrogen and oxygen atoms in total. The number of carbonyl (C=O) groups excluding carboxylic acids is 1. The van der Waals surface area contributed by atoms with Crippen molar-refractivity contribution in [2.24, 2.45) is 5.92 Å². The second kappa shape index (κ2) is 10.0. The standard InChI is InChI=1S/C22H35N3O3S/c1-3-14-29(27,28)25-11-5-8-21(25)22(26)23-16-19-6-4-7-20(15-19)17-24-12-9-18(2)10-13-24/h4,6-7,15,18,21H,3,5,8-14,16-17H2,1-2H3,(H,23,26). The van der Waals surface area contributed by atoms with Gasteiger partial charge in [-0.3, -0.25) is 9.69 Å². The van der Waals surface area contributed by atoms with Crippen LogP contribution < -0.4 is 5.32 Å². The summed E-state index contributed by atoms with van der Waals surface area (Å²) in [6, 6.07) is 7.78. The topological polar surface area (TPSA) is 69.7 Å². The average molecular weight is 422 g/mol. The van der Waals surface area contributed by atoms with E-state index in [4.69, 9.17) is 0 Å². The van der Waals surface area contributed by atoms with Gasteiger partial charge in [0.05, 0.1) is 5.75 Å². The SMILES string of the molecule is CCCS(=O)(=O)N1CCCC1C(=O)NCc1cccc(CN2CCC(C)CC2)c1. The number of nitrogens with zero attached hydrogens (tertiary/aromatic N) is 2. The quantitative estimate of drug-likeness (QED) is 0.701. The van der Waals surface area contributed by atoms with Gasteiger partial charge in [0.1, 0.15) is 6.04 Å². The zero-order chi connectivity index (χ0) is 20.9. The lowest BCUT2D eigenvalue weighted by molar-refractivity contribution is -0.124. The van der Waals surface area contributed by atoms with Gasteiger partial charge in [-0.05, 0) is 62.2 Å². The number of piperidine rings is 1. The van der Waals surface area contributed by atoms with Crippen molar-refractivity contribution in [3.8, 4) is 0 Å². The Morgan fingerprint density at radius 2 is 1.86 bits per heavy atom. The zero-order valence-electron chi connectivity index (χ0n) is 17.8. The maximum atomic E-state index is 12.7. The minimum absolute atomic E-state index is 0.105. The van der Waals surface area contributed by atoms with Crippen LogP contribution in [0.4, 0.5) is 0 Å². The summed E-state index contributed by atoms with van der Waals surface area (Å²) in [6.07, 6.45) is 4.42. The number of hydrogen-bond donors (Lipinski definition) is 1. The fourth-order valence-corrected chi connectivity index (χ4v) is 6.08. The number of hydrogen-bond acceptors (Lipinski definition) is 4. The van der Waals surface area contributed by atoms with Crippen LogP contribution in [0.25, 0.3) is 0 Å². The number of carbonyl (C=O) groups is 1. The van der Waals surface area contributed by atoms with Crippen molar-refractivity contribution in [1.29, 1.82) is 0 Å². The minimum Gasteiger partial charge on any atom is -0.351 e. The molecule has 1 N–H and O–H groups in total. The maximum Gasteiger partial charge on any atom is 0.238 e. The molecule has 0 aliphatic carbocycles. The number of rotatable bonds is 8. The normalized spacial score (nSPS) is 22.1. The van der Waals surface area contributed by atoms with Gasteiger partial charge in [-0.25, -0.2) is 8.42 Å². The van der Waals surface area contributed by atoms with Crippen molar-refractivity contribution < 1.29 is 13.2 Å². The largest absolute Gasteiger partial charge is 0.351 e. The molecule has 1 amide bonds. The van der Waals surface area contributed by atoms with Crippen LogP contribution in [0.2, 0.25) is 0 Å². The summed E-state index contributed by atoms with van der Waals surface area (Å²) in [5.41, 5.74) is 2.32. The van der Waals surface area contributed by atoms with E-state index in [2.05, 4.69) is 29.3 Å². The van der Waals surface area contributed by atoms with Crippen molar-refractivity contribution in [3.05, 3.63) is 35.4 Å². The Labute approximate surface area is 175 Å². The number of amides is 1. The smallest absolute Gasteiger partial charge is 0.238 e. The molecular weight excluding hydrogens is 386 g/mol. The number of likely N-dealkylation sites (tertiary alicyclic amines) is 1. The van der Waals surface area contributed by atoms with Crippen LogP contribution in [-0.4, -0.2) is 55.0 Å². The number of benzene rings is 1. The van der Waals surface area contributed by atoms with Crippen LogP contribution in [0.3, 0.4) is 0 Å². The molecule has 2 heterocycles. The van der Waals surface area contributed by atoms with Crippen LogP contribution in [-0.2, 0) is 27.9 Å². The Morgan fingerprint density at radius 1 is 1.14 bits per heavy atom. The summed E-state index contributed by atoms with van der Waals surface area (Å²) in [7, 11) is -3.35. The van der Waals surface area contributed by atoms with Gasteiger partial charge in [0.2, 0.25) is 15.9 Å².